The quantitative estimate of drug-likeness (QED) is 0.472. The fourth-order valence-electron chi connectivity index (χ4n) is 1.01. The number of rotatable bonds is 0. The first-order valence-corrected chi connectivity index (χ1v) is 3.81. The van der Waals surface area contributed by atoms with Crippen LogP contribution in [0.3, 0.4) is 0 Å². The van der Waals surface area contributed by atoms with Gasteiger partial charge in [-0.2, -0.15) is 0 Å². The first kappa shape index (κ1) is 7.87. The maximum Gasteiger partial charge on any atom is 0.0807 e. The second kappa shape index (κ2) is 2.43. The van der Waals surface area contributed by atoms with E-state index in [-0.39, 0.29) is 4.87 Å². The first-order valence-electron chi connectivity index (χ1n) is 3.43. The number of allylic oxidation sites excluding steroid dienone is 4. The van der Waals surface area contributed by atoms with Gasteiger partial charge in [0.25, 0.3) is 0 Å². The zero-order chi connectivity index (χ0) is 7.78. The van der Waals surface area contributed by atoms with Crippen molar-refractivity contribution in [2.45, 2.75) is 25.6 Å². The smallest absolute Gasteiger partial charge is 0.0807 e. The Bertz CT molecular complexity index is 197. The molecule has 0 spiro atoms. The van der Waals surface area contributed by atoms with Crippen LogP contribution in [0.25, 0.3) is 0 Å². The van der Waals surface area contributed by atoms with Crippen LogP contribution in [0.15, 0.2) is 23.3 Å². The molecule has 0 saturated carbocycles. The van der Waals surface area contributed by atoms with Crippen molar-refractivity contribution < 1.29 is 0 Å². The third-order valence-corrected chi connectivity index (χ3v) is 2.49. The Morgan fingerprint density at radius 2 is 2.00 bits per heavy atom. The molecule has 10 heavy (non-hydrogen) atoms. The summed E-state index contributed by atoms with van der Waals surface area (Å²) < 4.78 is 0. The zero-order valence-corrected chi connectivity index (χ0v) is 7.37. The lowest BCUT2D eigenvalue weighted by Gasteiger charge is -2.24. The molecule has 0 fully saturated rings. The van der Waals surface area contributed by atoms with Crippen molar-refractivity contribution in [3.8, 4) is 0 Å². The van der Waals surface area contributed by atoms with Gasteiger partial charge >= 0.3 is 0 Å². The van der Waals surface area contributed by atoms with Gasteiger partial charge < -0.3 is 0 Å². The highest BCUT2D eigenvalue weighted by atomic mass is 35.5. The molecule has 1 unspecified atom stereocenters. The molecule has 1 rings (SSSR count). The molecule has 0 aromatic heterocycles. The number of hydrogen-bond acceptors (Lipinski definition) is 0. The fourth-order valence-corrected chi connectivity index (χ4v) is 1.23. The lowest BCUT2D eigenvalue weighted by Crippen LogP contribution is -2.18. The summed E-state index contributed by atoms with van der Waals surface area (Å²) in [5.41, 5.74) is 2.52. The van der Waals surface area contributed by atoms with Gasteiger partial charge in [-0.1, -0.05) is 17.7 Å². The van der Waals surface area contributed by atoms with Crippen molar-refractivity contribution in [2.75, 3.05) is 0 Å². The standard InChI is InChI=1S/C9H12Cl/c1-7-5-4-6-9(3,10)8(7)2/h4-6H,1-3H3. The average Bonchev–Trinajstić information content (AvgIpc) is 1.83. The van der Waals surface area contributed by atoms with E-state index in [1.807, 2.05) is 19.1 Å². The van der Waals surface area contributed by atoms with Gasteiger partial charge in [0.2, 0.25) is 0 Å². The van der Waals surface area contributed by atoms with Crippen LogP contribution in [0.2, 0.25) is 0 Å². The summed E-state index contributed by atoms with van der Waals surface area (Å²) in [7, 11) is 0. The minimum atomic E-state index is -0.251. The molecule has 1 aliphatic carbocycles. The minimum absolute atomic E-state index is 0.251. The largest absolute Gasteiger partial charge is 0.110 e. The SMILES string of the molecule is CC1=C(C)C(C)(Cl)C=C[CH]1. The Kier molecular flexibility index (Phi) is 1.91. The van der Waals surface area contributed by atoms with Gasteiger partial charge in [0.1, 0.15) is 0 Å². The minimum Gasteiger partial charge on any atom is -0.110 e. The number of hydrogen-bond donors (Lipinski definition) is 0. The summed E-state index contributed by atoms with van der Waals surface area (Å²) in [4.78, 5) is -0.251. The van der Waals surface area contributed by atoms with E-state index in [2.05, 4.69) is 20.3 Å². The topological polar surface area (TPSA) is 0 Å². The van der Waals surface area contributed by atoms with E-state index in [0.29, 0.717) is 0 Å². The van der Waals surface area contributed by atoms with Crippen LogP contribution in [0.4, 0.5) is 0 Å². The van der Waals surface area contributed by atoms with Crippen molar-refractivity contribution in [3.05, 3.63) is 29.7 Å². The molecule has 1 atom stereocenters. The van der Waals surface area contributed by atoms with Gasteiger partial charge in [0, 0.05) is 6.42 Å². The van der Waals surface area contributed by atoms with Gasteiger partial charge in [0.15, 0.2) is 0 Å². The van der Waals surface area contributed by atoms with Crippen LogP contribution in [0.1, 0.15) is 20.8 Å². The molecule has 0 saturated heterocycles. The summed E-state index contributed by atoms with van der Waals surface area (Å²) in [6.07, 6.45) is 6.10. The lowest BCUT2D eigenvalue weighted by molar-refractivity contribution is 0.877. The maximum atomic E-state index is 6.15. The van der Waals surface area contributed by atoms with Crippen LogP contribution in [0.5, 0.6) is 0 Å². The molecule has 0 aromatic carbocycles. The van der Waals surface area contributed by atoms with E-state index in [1.54, 1.807) is 0 Å². The molecule has 1 aliphatic rings. The van der Waals surface area contributed by atoms with Gasteiger partial charge in [-0.15, -0.1) is 11.6 Å². The van der Waals surface area contributed by atoms with Crippen LogP contribution in [-0.4, -0.2) is 4.87 Å². The highest BCUT2D eigenvalue weighted by Crippen LogP contribution is 2.32. The first-order chi connectivity index (χ1) is 4.54. The van der Waals surface area contributed by atoms with E-state index >= 15 is 0 Å². The van der Waals surface area contributed by atoms with Crippen molar-refractivity contribution in [1.29, 1.82) is 0 Å². The fraction of sp³-hybridized carbons (Fsp3) is 0.444. The zero-order valence-electron chi connectivity index (χ0n) is 6.61. The van der Waals surface area contributed by atoms with Gasteiger partial charge in [-0.05, 0) is 26.3 Å². The molecule has 0 heterocycles. The van der Waals surface area contributed by atoms with Gasteiger partial charge in [-0.25, -0.2) is 0 Å². The van der Waals surface area contributed by atoms with Gasteiger partial charge in [-0.3, -0.25) is 0 Å². The Hall–Kier alpha value is -0.230. The normalized spacial score (nSPS) is 33.2. The van der Waals surface area contributed by atoms with Gasteiger partial charge in [0.05, 0.1) is 4.87 Å². The molecule has 1 heteroatoms. The van der Waals surface area contributed by atoms with E-state index in [0.717, 1.165) is 0 Å². The molecule has 0 nitrogen and oxygen atoms in total. The molecular weight excluding hydrogens is 144 g/mol. The third-order valence-electron chi connectivity index (χ3n) is 2.08. The van der Waals surface area contributed by atoms with Crippen LogP contribution < -0.4 is 0 Å². The highest BCUT2D eigenvalue weighted by molar-refractivity contribution is 6.27. The average molecular weight is 156 g/mol. The molecule has 0 aliphatic heterocycles. The summed E-state index contributed by atoms with van der Waals surface area (Å²) in [5, 5.41) is 0. The maximum absolute atomic E-state index is 6.15. The van der Waals surface area contributed by atoms with Crippen LogP contribution >= 0.6 is 11.6 Å². The second-order valence-electron chi connectivity index (χ2n) is 2.91. The van der Waals surface area contributed by atoms with Crippen molar-refractivity contribution in [3.63, 3.8) is 0 Å². The molecular formula is C9H12Cl. The highest BCUT2D eigenvalue weighted by Gasteiger charge is 2.23. The van der Waals surface area contributed by atoms with Crippen molar-refractivity contribution >= 4 is 11.6 Å². The van der Waals surface area contributed by atoms with E-state index in [4.69, 9.17) is 11.6 Å². The van der Waals surface area contributed by atoms with E-state index in [9.17, 15) is 0 Å². The molecule has 55 valence electrons. The second-order valence-corrected chi connectivity index (χ2v) is 3.69. The molecule has 0 N–H and O–H groups in total. The molecule has 0 bridgehead atoms. The number of alkyl halides is 1. The van der Waals surface area contributed by atoms with E-state index < -0.39 is 0 Å². The Labute approximate surface area is 67.6 Å². The monoisotopic (exact) mass is 155 g/mol. The Balaban J connectivity index is 2.97. The molecule has 0 aromatic rings. The molecule has 0 amide bonds. The predicted molar refractivity (Wildman–Crippen MR) is 46.1 cm³/mol. The molecule has 1 radical (unpaired) electrons. The van der Waals surface area contributed by atoms with Crippen LogP contribution in [-0.2, 0) is 0 Å². The van der Waals surface area contributed by atoms with Crippen molar-refractivity contribution in [1.82, 2.24) is 0 Å². The summed E-state index contributed by atoms with van der Waals surface area (Å²) in [5.74, 6) is 0. The summed E-state index contributed by atoms with van der Waals surface area (Å²) >= 11 is 6.15. The summed E-state index contributed by atoms with van der Waals surface area (Å²) in [6, 6.07) is 0. The Morgan fingerprint density at radius 3 is 2.40 bits per heavy atom. The predicted octanol–water partition coefficient (Wildman–Crippen LogP) is 3.09. The summed E-state index contributed by atoms with van der Waals surface area (Å²) in [6.45, 7) is 6.17. The number of halogens is 1. The van der Waals surface area contributed by atoms with Crippen molar-refractivity contribution in [2.24, 2.45) is 0 Å². The lowest BCUT2D eigenvalue weighted by atomic mass is 9.90. The van der Waals surface area contributed by atoms with Crippen LogP contribution in [0, 0.1) is 6.42 Å². The Morgan fingerprint density at radius 1 is 1.40 bits per heavy atom. The van der Waals surface area contributed by atoms with E-state index in [1.165, 1.54) is 11.1 Å². The third kappa shape index (κ3) is 1.27.